The number of hydrogen-bond acceptors (Lipinski definition) is 3. The molecule has 1 fully saturated rings. The van der Waals surface area contributed by atoms with E-state index in [2.05, 4.69) is 26.1 Å². The van der Waals surface area contributed by atoms with Crippen LogP contribution in [0.2, 0.25) is 0 Å². The summed E-state index contributed by atoms with van der Waals surface area (Å²) in [5.74, 6) is 0. The third kappa shape index (κ3) is 7.20. The maximum atomic E-state index is 5.77. The molecule has 0 aromatic rings. The van der Waals surface area contributed by atoms with Crippen LogP contribution in [0.5, 0.6) is 0 Å². The average molecular weight is 229 g/mol. The highest BCUT2D eigenvalue weighted by molar-refractivity contribution is 4.64. The van der Waals surface area contributed by atoms with Gasteiger partial charge in [0, 0.05) is 19.8 Å². The van der Waals surface area contributed by atoms with E-state index in [9.17, 15) is 0 Å². The number of ether oxygens (including phenoxy) is 2. The van der Waals surface area contributed by atoms with Crippen molar-refractivity contribution in [3.63, 3.8) is 0 Å². The summed E-state index contributed by atoms with van der Waals surface area (Å²) in [5, 5.41) is 3.43. The van der Waals surface area contributed by atoms with E-state index < -0.39 is 0 Å². The lowest BCUT2D eigenvalue weighted by molar-refractivity contribution is -0.0305. The first-order valence-electron chi connectivity index (χ1n) is 6.48. The predicted molar refractivity (Wildman–Crippen MR) is 66.7 cm³/mol. The van der Waals surface area contributed by atoms with Crippen molar-refractivity contribution in [2.24, 2.45) is 5.41 Å². The molecule has 1 rings (SSSR count). The molecule has 3 heteroatoms. The summed E-state index contributed by atoms with van der Waals surface area (Å²) >= 11 is 0. The summed E-state index contributed by atoms with van der Waals surface area (Å²) in [6.07, 6.45) is 3.76. The summed E-state index contributed by atoms with van der Waals surface area (Å²) in [4.78, 5) is 0. The molecule has 0 spiro atoms. The zero-order chi connectivity index (χ0) is 11.9. The van der Waals surface area contributed by atoms with Crippen molar-refractivity contribution >= 4 is 0 Å². The molecule has 1 aliphatic rings. The zero-order valence-electron chi connectivity index (χ0n) is 11.1. The molecule has 3 nitrogen and oxygen atoms in total. The molecule has 0 aliphatic carbocycles. The van der Waals surface area contributed by atoms with Gasteiger partial charge in [-0.2, -0.15) is 0 Å². The van der Waals surface area contributed by atoms with Crippen molar-refractivity contribution in [1.29, 1.82) is 0 Å². The molecule has 0 bridgehead atoms. The van der Waals surface area contributed by atoms with E-state index in [0.29, 0.717) is 11.5 Å². The summed E-state index contributed by atoms with van der Waals surface area (Å²) in [6.45, 7) is 11.4. The second kappa shape index (κ2) is 7.25. The van der Waals surface area contributed by atoms with Crippen LogP contribution in [-0.4, -0.2) is 39.0 Å². The summed E-state index contributed by atoms with van der Waals surface area (Å²) in [6, 6.07) is 0. The largest absolute Gasteiger partial charge is 0.381 e. The first kappa shape index (κ1) is 13.9. The predicted octanol–water partition coefficient (Wildman–Crippen LogP) is 2.21. The summed E-state index contributed by atoms with van der Waals surface area (Å²) < 4.78 is 11.1. The lowest BCUT2D eigenvalue weighted by Gasteiger charge is -2.22. The van der Waals surface area contributed by atoms with Gasteiger partial charge in [0.2, 0.25) is 0 Å². The molecule has 1 N–H and O–H groups in total. The topological polar surface area (TPSA) is 30.5 Å². The van der Waals surface area contributed by atoms with Crippen LogP contribution in [-0.2, 0) is 9.47 Å². The highest BCUT2D eigenvalue weighted by Crippen LogP contribution is 2.16. The Balaban J connectivity index is 1.87. The minimum atomic E-state index is 0.425. The van der Waals surface area contributed by atoms with Gasteiger partial charge < -0.3 is 14.8 Å². The molecule has 96 valence electrons. The fraction of sp³-hybridized carbons (Fsp3) is 1.00. The van der Waals surface area contributed by atoms with E-state index in [1.807, 2.05) is 0 Å². The Kier molecular flexibility index (Phi) is 6.32. The maximum absolute atomic E-state index is 5.77. The van der Waals surface area contributed by atoms with Gasteiger partial charge in [-0.3, -0.25) is 0 Å². The minimum Gasteiger partial charge on any atom is -0.381 e. The van der Waals surface area contributed by atoms with Gasteiger partial charge in [-0.15, -0.1) is 0 Å². The molecule has 0 radical (unpaired) electrons. The number of nitrogens with one attached hydrogen (secondary N) is 1. The van der Waals surface area contributed by atoms with Gasteiger partial charge in [-0.05, 0) is 31.2 Å². The quantitative estimate of drug-likeness (QED) is 0.708. The van der Waals surface area contributed by atoms with Crippen molar-refractivity contribution < 1.29 is 9.47 Å². The van der Waals surface area contributed by atoms with Crippen LogP contribution < -0.4 is 5.32 Å². The van der Waals surface area contributed by atoms with E-state index in [-0.39, 0.29) is 0 Å². The smallest absolute Gasteiger partial charge is 0.0619 e. The molecule has 1 heterocycles. The fourth-order valence-electron chi connectivity index (χ4n) is 1.73. The number of hydrogen-bond donors (Lipinski definition) is 1. The molecule has 1 saturated heterocycles. The molecule has 0 aromatic carbocycles. The normalized spacial score (nSPS) is 18.9. The zero-order valence-corrected chi connectivity index (χ0v) is 11.1. The Hall–Kier alpha value is -0.120. The van der Waals surface area contributed by atoms with Crippen LogP contribution in [0.25, 0.3) is 0 Å². The van der Waals surface area contributed by atoms with Crippen LogP contribution >= 0.6 is 0 Å². The number of rotatable bonds is 6. The van der Waals surface area contributed by atoms with Crippen LogP contribution in [0.1, 0.15) is 40.0 Å². The SMILES string of the molecule is CC(C)(C)CCNCCOC1CCOCC1. The van der Waals surface area contributed by atoms with Crippen molar-refractivity contribution in [2.75, 3.05) is 32.9 Å². The maximum Gasteiger partial charge on any atom is 0.0619 e. The van der Waals surface area contributed by atoms with Gasteiger partial charge in [-0.25, -0.2) is 0 Å². The van der Waals surface area contributed by atoms with Crippen molar-refractivity contribution in [3.8, 4) is 0 Å². The van der Waals surface area contributed by atoms with Gasteiger partial charge >= 0.3 is 0 Å². The van der Waals surface area contributed by atoms with E-state index in [1.165, 1.54) is 6.42 Å². The molecule has 0 aromatic heterocycles. The minimum absolute atomic E-state index is 0.425. The first-order chi connectivity index (χ1) is 7.58. The van der Waals surface area contributed by atoms with E-state index in [0.717, 1.165) is 45.8 Å². The van der Waals surface area contributed by atoms with Gasteiger partial charge in [0.05, 0.1) is 12.7 Å². The van der Waals surface area contributed by atoms with Crippen molar-refractivity contribution in [1.82, 2.24) is 5.32 Å². The summed E-state index contributed by atoms with van der Waals surface area (Å²) in [7, 11) is 0. The third-order valence-corrected chi connectivity index (χ3v) is 2.85. The second-order valence-corrected chi connectivity index (χ2v) is 5.74. The van der Waals surface area contributed by atoms with Gasteiger partial charge in [0.25, 0.3) is 0 Å². The highest BCUT2D eigenvalue weighted by atomic mass is 16.5. The molecular formula is C13H27NO2. The van der Waals surface area contributed by atoms with Crippen molar-refractivity contribution in [3.05, 3.63) is 0 Å². The van der Waals surface area contributed by atoms with E-state index in [4.69, 9.17) is 9.47 Å². The van der Waals surface area contributed by atoms with Crippen LogP contribution in [0.15, 0.2) is 0 Å². The Morgan fingerprint density at radius 2 is 1.88 bits per heavy atom. The monoisotopic (exact) mass is 229 g/mol. The van der Waals surface area contributed by atoms with Crippen LogP contribution in [0.4, 0.5) is 0 Å². The third-order valence-electron chi connectivity index (χ3n) is 2.85. The van der Waals surface area contributed by atoms with Gasteiger partial charge in [0.15, 0.2) is 0 Å². The molecular weight excluding hydrogens is 202 g/mol. The Morgan fingerprint density at radius 1 is 1.19 bits per heavy atom. The average Bonchev–Trinajstić information content (AvgIpc) is 2.23. The molecule has 0 amide bonds. The molecule has 0 atom stereocenters. The Labute approximate surface area is 99.9 Å². The standard InChI is InChI=1S/C13H27NO2/c1-13(2,3)6-7-14-8-11-16-12-4-9-15-10-5-12/h12,14H,4-11H2,1-3H3. The molecule has 16 heavy (non-hydrogen) atoms. The van der Waals surface area contributed by atoms with Crippen LogP contribution in [0.3, 0.4) is 0 Å². The van der Waals surface area contributed by atoms with Gasteiger partial charge in [0.1, 0.15) is 0 Å². The van der Waals surface area contributed by atoms with E-state index in [1.54, 1.807) is 0 Å². The molecule has 0 saturated carbocycles. The van der Waals surface area contributed by atoms with Gasteiger partial charge in [-0.1, -0.05) is 20.8 Å². The lowest BCUT2D eigenvalue weighted by Crippen LogP contribution is -2.29. The second-order valence-electron chi connectivity index (χ2n) is 5.74. The molecule has 0 unspecified atom stereocenters. The lowest BCUT2D eigenvalue weighted by atomic mass is 9.92. The van der Waals surface area contributed by atoms with Crippen LogP contribution in [0, 0.1) is 5.41 Å². The van der Waals surface area contributed by atoms with E-state index >= 15 is 0 Å². The van der Waals surface area contributed by atoms with Crippen molar-refractivity contribution in [2.45, 2.75) is 46.1 Å². The fourth-order valence-corrected chi connectivity index (χ4v) is 1.73. The molecule has 1 aliphatic heterocycles. The Bertz CT molecular complexity index is 171. The first-order valence-corrected chi connectivity index (χ1v) is 6.48. The Morgan fingerprint density at radius 3 is 2.50 bits per heavy atom. The summed E-state index contributed by atoms with van der Waals surface area (Å²) in [5.41, 5.74) is 0.425. The highest BCUT2D eigenvalue weighted by Gasteiger charge is 2.13.